The number of nitrogens with zero attached hydrogens (tertiary/aromatic N) is 1. The van der Waals surface area contributed by atoms with Crippen molar-refractivity contribution < 1.29 is 19.7 Å². The summed E-state index contributed by atoms with van der Waals surface area (Å²) in [6.07, 6.45) is 0.616. The molecule has 1 aromatic heterocycles. The van der Waals surface area contributed by atoms with Crippen LogP contribution >= 0.6 is 0 Å². The molecule has 0 atom stereocenters. The second kappa shape index (κ2) is 6.87. The number of aromatic amines is 1. The van der Waals surface area contributed by atoms with Crippen molar-refractivity contribution in [3.8, 4) is 45.4 Å². The van der Waals surface area contributed by atoms with E-state index >= 15 is 0 Å². The number of nitrogens with two attached hydrogens (primary N) is 1. The summed E-state index contributed by atoms with van der Waals surface area (Å²) >= 11 is 0. The highest BCUT2D eigenvalue weighted by molar-refractivity contribution is 5.90. The van der Waals surface area contributed by atoms with E-state index in [1.807, 2.05) is 19.1 Å². The Morgan fingerprint density at radius 3 is 2.23 bits per heavy atom. The van der Waals surface area contributed by atoms with E-state index < -0.39 is 0 Å². The summed E-state index contributed by atoms with van der Waals surface area (Å²) < 4.78 is 10.6. The van der Waals surface area contributed by atoms with Gasteiger partial charge in [0.05, 0.1) is 25.5 Å². The highest BCUT2D eigenvalue weighted by Crippen LogP contribution is 2.42. The number of ether oxygens (including phenoxy) is 2. The van der Waals surface area contributed by atoms with Gasteiger partial charge in [-0.2, -0.15) is 5.10 Å². The third kappa shape index (κ3) is 2.99. The minimum absolute atomic E-state index is 0.0471. The molecule has 1 heterocycles. The van der Waals surface area contributed by atoms with Gasteiger partial charge in [0.1, 0.15) is 23.0 Å². The maximum atomic E-state index is 10.3. The van der Waals surface area contributed by atoms with E-state index in [1.54, 1.807) is 26.4 Å². The number of phenolic OH excluding ortho intramolecular Hbond substituents is 2. The molecule has 0 aliphatic heterocycles. The summed E-state index contributed by atoms with van der Waals surface area (Å²) in [5.74, 6) is 1.47. The molecule has 0 radical (unpaired) electrons. The average molecular weight is 355 g/mol. The molecule has 26 heavy (non-hydrogen) atoms. The number of hydrogen-bond acceptors (Lipinski definition) is 6. The van der Waals surface area contributed by atoms with E-state index in [4.69, 9.17) is 15.2 Å². The summed E-state index contributed by atoms with van der Waals surface area (Å²) in [4.78, 5) is 0. The van der Waals surface area contributed by atoms with Crippen LogP contribution in [0.25, 0.3) is 22.4 Å². The average Bonchev–Trinajstić information content (AvgIpc) is 3.02. The quantitative estimate of drug-likeness (QED) is 0.558. The number of nitrogen functional groups attached to an aromatic ring is 1. The van der Waals surface area contributed by atoms with E-state index in [2.05, 4.69) is 10.2 Å². The number of aromatic hydroxyl groups is 2. The number of benzene rings is 2. The Morgan fingerprint density at radius 2 is 1.65 bits per heavy atom. The van der Waals surface area contributed by atoms with E-state index in [0.29, 0.717) is 40.3 Å². The molecule has 0 aliphatic carbocycles. The molecule has 0 saturated carbocycles. The number of aryl methyl sites for hydroxylation is 1. The second-order valence-electron chi connectivity index (χ2n) is 5.81. The van der Waals surface area contributed by atoms with Crippen molar-refractivity contribution >= 4 is 5.82 Å². The zero-order chi connectivity index (χ0) is 18.8. The molecule has 7 nitrogen and oxygen atoms in total. The molecule has 5 N–H and O–H groups in total. The van der Waals surface area contributed by atoms with Crippen LogP contribution in [0.1, 0.15) is 12.5 Å². The molecule has 3 aromatic rings. The molecule has 0 unspecified atom stereocenters. The SMILES string of the molecule is CCc1cc(-c2[nH]nc(N)c2-c2cc(OC)cc(OC)c2)c(O)cc1O. The fourth-order valence-corrected chi connectivity index (χ4v) is 2.90. The van der Waals surface area contributed by atoms with E-state index in [-0.39, 0.29) is 17.3 Å². The van der Waals surface area contributed by atoms with Crippen LogP contribution in [0.2, 0.25) is 0 Å². The monoisotopic (exact) mass is 355 g/mol. The maximum Gasteiger partial charge on any atom is 0.153 e. The number of hydrogen-bond donors (Lipinski definition) is 4. The molecule has 7 heteroatoms. The number of anilines is 1. The van der Waals surface area contributed by atoms with Crippen molar-refractivity contribution in [1.29, 1.82) is 0 Å². The molecule has 0 spiro atoms. The van der Waals surface area contributed by atoms with Gasteiger partial charge in [-0.15, -0.1) is 0 Å². The molecule has 3 rings (SSSR count). The largest absolute Gasteiger partial charge is 0.508 e. The summed E-state index contributed by atoms with van der Waals surface area (Å²) in [7, 11) is 3.13. The van der Waals surface area contributed by atoms with Crippen LogP contribution in [-0.2, 0) is 6.42 Å². The summed E-state index contributed by atoms with van der Waals surface area (Å²) in [6.45, 7) is 1.92. The zero-order valence-corrected chi connectivity index (χ0v) is 14.8. The molecular formula is C19H21N3O4. The molecule has 2 aromatic carbocycles. The molecule has 0 bridgehead atoms. The first-order chi connectivity index (χ1) is 12.5. The van der Waals surface area contributed by atoms with Gasteiger partial charge >= 0.3 is 0 Å². The summed E-state index contributed by atoms with van der Waals surface area (Å²) in [6, 6.07) is 8.42. The summed E-state index contributed by atoms with van der Waals surface area (Å²) in [5.41, 5.74) is 9.19. The molecular weight excluding hydrogens is 334 g/mol. The number of nitrogens with one attached hydrogen (secondary N) is 1. The van der Waals surface area contributed by atoms with E-state index in [0.717, 1.165) is 5.56 Å². The van der Waals surface area contributed by atoms with Crippen molar-refractivity contribution in [2.45, 2.75) is 13.3 Å². The van der Waals surface area contributed by atoms with Crippen LogP contribution in [0.15, 0.2) is 30.3 Å². The predicted molar refractivity (Wildman–Crippen MR) is 99.7 cm³/mol. The Labute approximate surface area is 151 Å². The van der Waals surface area contributed by atoms with Gasteiger partial charge in [-0.1, -0.05) is 6.92 Å². The van der Waals surface area contributed by atoms with Gasteiger partial charge in [-0.05, 0) is 35.7 Å². The normalized spacial score (nSPS) is 10.7. The number of methoxy groups -OCH3 is 2. The van der Waals surface area contributed by atoms with Crippen molar-refractivity contribution in [1.82, 2.24) is 10.2 Å². The lowest BCUT2D eigenvalue weighted by molar-refractivity contribution is 0.394. The highest BCUT2D eigenvalue weighted by atomic mass is 16.5. The minimum atomic E-state index is -0.0699. The molecule has 0 saturated heterocycles. The van der Waals surface area contributed by atoms with Crippen LogP contribution in [0.5, 0.6) is 23.0 Å². The number of aromatic nitrogens is 2. The summed E-state index contributed by atoms with van der Waals surface area (Å²) in [5, 5.41) is 27.3. The van der Waals surface area contributed by atoms with Crippen molar-refractivity contribution in [3.63, 3.8) is 0 Å². The first kappa shape index (κ1) is 17.5. The van der Waals surface area contributed by atoms with Crippen LogP contribution in [0.4, 0.5) is 5.82 Å². The van der Waals surface area contributed by atoms with Crippen LogP contribution in [0, 0.1) is 0 Å². The van der Waals surface area contributed by atoms with Crippen molar-refractivity contribution in [2.75, 3.05) is 20.0 Å². The number of rotatable bonds is 5. The zero-order valence-electron chi connectivity index (χ0n) is 14.8. The van der Waals surface area contributed by atoms with Crippen molar-refractivity contribution in [2.24, 2.45) is 0 Å². The van der Waals surface area contributed by atoms with Gasteiger partial charge in [0, 0.05) is 17.7 Å². The molecule has 0 aliphatic rings. The van der Waals surface area contributed by atoms with Crippen LogP contribution in [-0.4, -0.2) is 34.6 Å². The fraction of sp³-hybridized carbons (Fsp3) is 0.211. The molecule has 136 valence electrons. The van der Waals surface area contributed by atoms with Crippen LogP contribution < -0.4 is 15.2 Å². The van der Waals surface area contributed by atoms with Crippen molar-refractivity contribution in [3.05, 3.63) is 35.9 Å². The number of H-pyrrole nitrogens is 1. The van der Waals surface area contributed by atoms with E-state index in [1.165, 1.54) is 6.07 Å². The van der Waals surface area contributed by atoms with Gasteiger partial charge in [0.2, 0.25) is 0 Å². The van der Waals surface area contributed by atoms with Gasteiger partial charge in [0.25, 0.3) is 0 Å². The lowest BCUT2D eigenvalue weighted by Gasteiger charge is -2.12. The van der Waals surface area contributed by atoms with Gasteiger partial charge in [0.15, 0.2) is 5.82 Å². The fourth-order valence-electron chi connectivity index (χ4n) is 2.90. The Kier molecular flexibility index (Phi) is 4.62. The topological polar surface area (TPSA) is 114 Å². The lowest BCUT2D eigenvalue weighted by Crippen LogP contribution is -1.93. The second-order valence-corrected chi connectivity index (χ2v) is 5.81. The lowest BCUT2D eigenvalue weighted by atomic mass is 9.97. The third-order valence-corrected chi connectivity index (χ3v) is 4.28. The Morgan fingerprint density at radius 1 is 1.00 bits per heavy atom. The first-order valence-electron chi connectivity index (χ1n) is 8.11. The van der Waals surface area contributed by atoms with Gasteiger partial charge < -0.3 is 25.4 Å². The first-order valence-corrected chi connectivity index (χ1v) is 8.11. The minimum Gasteiger partial charge on any atom is -0.508 e. The highest BCUT2D eigenvalue weighted by Gasteiger charge is 2.20. The predicted octanol–water partition coefficient (Wildman–Crippen LogP) is 3.32. The standard InChI is InChI=1S/C19H21N3O4/c1-4-10-7-14(16(24)9-15(10)23)18-17(19(20)22-21-18)11-5-12(25-2)8-13(6-11)26-3/h5-9,23-24H,4H2,1-3H3,(H3,20,21,22). The third-order valence-electron chi connectivity index (χ3n) is 4.28. The number of phenols is 2. The maximum absolute atomic E-state index is 10.3. The Balaban J connectivity index is 2.23. The van der Waals surface area contributed by atoms with E-state index in [9.17, 15) is 10.2 Å². The molecule has 0 amide bonds. The Bertz CT molecular complexity index is 928. The van der Waals surface area contributed by atoms with Gasteiger partial charge in [-0.25, -0.2) is 0 Å². The molecule has 0 fully saturated rings. The van der Waals surface area contributed by atoms with Crippen LogP contribution in [0.3, 0.4) is 0 Å². The smallest absolute Gasteiger partial charge is 0.153 e. The van der Waals surface area contributed by atoms with Gasteiger partial charge in [-0.3, -0.25) is 5.10 Å². The Hall–Kier alpha value is -3.35.